The van der Waals surface area contributed by atoms with E-state index in [1.807, 2.05) is 22.7 Å². The van der Waals surface area contributed by atoms with Crippen molar-refractivity contribution in [3.8, 4) is 0 Å². The Labute approximate surface area is 133 Å². The summed E-state index contributed by atoms with van der Waals surface area (Å²) in [5.74, 6) is 0. The second-order valence-electron chi connectivity index (χ2n) is 5.06. The van der Waals surface area contributed by atoms with Gasteiger partial charge in [0.2, 0.25) is 0 Å². The summed E-state index contributed by atoms with van der Waals surface area (Å²) < 4.78 is 4.87. The molecule has 0 heterocycles. The molecule has 0 radical (unpaired) electrons. The maximum atomic E-state index is 11.8. The Morgan fingerprint density at radius 2 is 1.95 bits per heavy atom. The first-order valence-electron chi connectivity index (χ1n) is 7.75. The summed E-state index contributed by atoms with van der Waals surface area (Å²) in [7, 11) is 1.46. The van der Waals surface area contributed by atoms with Crippen molar-refractivity contribution in [1.82, 2.24) is 4.90 Å². The fraction of sp³-hybridized carbons (Fsp3) is 0.588. The number of carbonyl (C=O) groups excluding carboxylic acids is 1. The lowest BCUT2D eigenvalue weighted by atomic mass is 10.2. The maximum Gasteiger partial charge on any atom is 0.409 e. The predicted octanol–water partition coefficient (Wildman–Crippen LogP) is 4.82. The van der Waals surface area contributed by atoms with E-state index in [4.69, 9.17) is 4.74 Å². The zero-order chi connectivity index (χ0) is 15.5. The maximum absolute atomic E-state index is 11.8. The van der Waals surface area contributed by atoms with Gasteiger partial charge in [-0.05, 0) is 31.4 Å². The monoisotopic (exact) mass is 309 g/mol. The Morgan fingerprint density at radius 3 is 2.52 bits per heavy atom. The Hall–Kier alpha value is -1.16. The van der Waals surface area contributed by atoms with Crippen LogP contribution < -0.4 is 0 Å². The van der Waals surface area contributed by atoms with Gasteiger partial charge in [0.15, 0.2) is 0 Å². The van der Waals surface area contributed by atoms with Crippen molar-refractivity contribution in [2.45, 2.75) is 49.7 Å². The quantitative estimate of drug-likeness (QED) is 0.613. The van der Waals surface area contributed by atoms with Gasteiger partial charge in [0.25, 0.3) is 0 Å². The van der Waals surface area contributed by atoms with E-state index in [1.165, 1.54) is 12.0 Å². The smallest absolute Gasteiger partial charge is 0.409 e. The Morgan fingerprint density at radius 1 is 1.24 bits per heavy atom. The van der Waals surface area contributed by atoms with Crippen molar-refractivity contribution in [3.63, 3.8) is 0 Å². The Balaban J connectivity index is 2.49. The predicted molar refractivity (Wildman–Crippen MR) is 89.9 cm³/mol. The zero-order valence-corrected chi connectivity index (χ0v) is 14.2. The molecule has 0 saturated carbocycles. The van der Waals surface area contributed by atoms with Crippen molar-refractivity contribution in [1.29, 1.82) is 0 Å². The van der Waals surface area contributed by atoms with Gasteiger partial charge in [-0.25, -0.2) is 4.79 Å². The number of nitrogens with zero attached hydrogens (tertiary/aromatic N) is 1. The number of unbranched alkanes of at least 4 members (excludes halogenated alkanes) is 1. The third-order valence-corrected chi connectivity index (χ3v) is 4.88. The minimum absolute atomic E-state index is 0.206. The van der Waals surface area contributed by atoms with Gasteiger partial charge < -0.3 is 9.64 Å². The molecule has 4 heteroatoms. The van der Waals surface area contributed by atoms with Crippen molar-refractivity contribution in [2.75, 3.05) is 20.2 Å². The zero-order valence-electron chi connectivity index (χ0n) is 13.4. The van der Waals surface area contributed by atoms with Gasteiger partial charge in [-0.1, -0.05) is 38.5 Å². The second-order valence-corrected chi connectivity index (χ2v) is 6.43. The third-order valence-electron chi connectivity index (χ3n) is 3.44. The molecule has 1 rings (SSSR count). The number of amides is 1. The number of rotatable bonds is 9. The molecular weight excluding hydrogens is 282 g/mol. The summed E-state index contributed by atoms with van der Waals surface area (Å²) in [4.78, 5) is 14.9. The van der Waals surface area contributed by atoms with Crippen molar-refractivity contribution < 1.29 is 9.53 Å². The fourth-order valence-corrected chi connectivity index (χ4v) is 3.20. The van der Waals surface area contributed by atoms with Crippen LogP contribution in [0.4, 0.5) is 4.79 Å². The Bertz CT molecular complexity index is 397. The molecule has 1 amide bonds. The molecule has 0 fully saturated rings. The van der Waals surface area contributed by atoms with Crippen LogP contribution in [0.5, 0.6) is 0 Å². The Kier molecular flexibility index (Phi) is 8.99. The van der Waals surface area contributed by atoms with E-state index >= 15 is 0 Å². The molecule has 1 atom stereocenters. The molecule has 3 nitrogen and oxygen atoms in total. The standard InChI is InChI=1S/C17H27NO2S/c1-4-6-13-18(17(19)20-3)14-12-15(5-2)21-16-10-8-7-9-11-16/h7-11,15H,4-6,12-14H2,1-3H3. The SMILES string of the molecule is CCCCN(CCC(CC)Sc1ccccc1)C(=O)OC. The highest BCUT2D eigenvalue weighted by Gasteiger charge is 2.16. The van der Waals surface area contributed by atoms with Crippen LogP contribution in [0.2, 0.25) is 0 Å². The van der Waals surface area contributed by atoms with Gasteiger partial charge in [-0.15, -0.1) is 11.8 Å². The van der Waals surface area contributed by atoms with Gasteiger partial charge in [0.05, 0.1) is 7.11 Å². The van der Waals surface area contributed by atoms with Gasteiger partial charge >= 0.3 is 6.09 Å². The summed E-state index contributed by atoms with van der Waals surface area (Å²) in [6, 6.07) is 10.5. The second kappa shape index (κ2) is 10.6. The average molecular weight is 309 g/mol. The summed E-state index contributed by atoms with van der Waals surface area (Å²) >= 11 is 1.90. The van der Waals surface area contributed by atoms with Gasteiger partial charge in [0, 0.05) is 23.2 Å². The number of hydrogen-bond donors (Lipinski definition) is 0. The van der Waals surface area contributed by atoms with E-state index in [2.05, 4.69) is 38.1 Å². The topological polar surface area (TPSA) is 29.5 Å². The van der Waals surface area contributed by atoms with Crippen LogP contribution in [0.15, 0.2) is 35.2 Å². The molecule has 1 aromatic rings. The fourth-order valence-electron chi connectivity index (χ4n) is 2.11. The van der Waals surface area contributed by atoms with E-state index in [1.54, 1.807) is 0 Å². The lowest BCUT2D eigenvalue weighted by Crippen LogP contribution is -2.34. The molecule has 0 bridgehead atoms. The molecular formula is C17H27NO2S. The van der Waals surface area contributed by atoms with Gasteiger partial charge in [-0.2, -0.15) is 0 Å². The molecule has 1 aromatic carbocycles. The van der Waals surface area contributed by atoms with E-state index in [9.17, 15) is 4.79 Å². The molecule has 0 aliphatic heterocycles. The molecule has 0 saturated heterocycles. The third kappa shape index (κ3) is 6.89. The highest BCUT2D eigenvalue weighted by Crippen LogP contribution is 2.27. The normalized spacial score (nSPS) is 12.0. The summed E-state index contributed by atoms with van der Waals surface area (Å²) in [5.41, 5.74) is 0. The first kappa shape index (κ1) is 17.9. The van der Waals surface area contributed by atoms with Crippen molar-refractivity contribution >= 4 is 17.9 Å². The molecule has 21 heavy (non-hydrogen) atoms. The molecule has 0 aliphatic carbocycles. The van der Waals surface area contributed by atoms with E-state index in [0.29, 0.717) is 5.25 Å². The first-order chi connectivity index (χ1) is 10.2. The minimum atomic E-state index is -0.206. The number of thioether (sulfide) groups is 1. The summed E-state index contributed by atoms with van der Waals surface area (Å²) in [6.07, 6.45) is 4.00. The number of hydrogen-bond acceptors (Lipinski definition) is 3. The molecule has 0 aliphatic rings. The van der Waals surface area contributed by atoms with Crippen LogP contribution in [0.25, 0.3) is 0 Å². The van der Waals surface area contributed by atoms with Crippen LogP contribution in [0, 0.1) is 0 Å². The summed E-state index contributed by atoms with van der Waals surface area (Å²) in [6.45, 7) is 5.89. The highest BCUT2D eigenvalue weighted by molar-refractivity contribution is 8.00. The van der Waals surface area contributed by atoms with Crippen LogP contribution >= 0.6 is 11.8 Å². The first-order valence-corrected chi connectivity index (χ1v) is 8.63. The molecule has 118 valence electrons. The lowest BCUT2D eigenvalue weighted by molar-refractivity contribution is 0.122. The number of ether oxygens (including phenoxy) is 1. The van der Waals surface area contributed by atoms with Crippen LogP contribution in [-0.2, 0) is 4.74 Å². The number of methoxy groups -OCH3 is 1. The van der Waals surface area contributed by atoms with E-state index in [0.717, 1.165) is 38.8 Å². The highest BCUT2D eigenvalue weighted by atomic mass is 32.2. The summed E-state index contributed by atoms with van der Waals surface area (Å²) in [5, 5.41) is 0.529. The lowest BCUT2D eigenvalue weighted by Gasteiger charge is -2.23. The average Bonchev–Trinajstić information content (AvgIpc) is 2.54. The van der Waals surface area contributed by atoms with E-state index in [-0.39, 0.29) is 6.09 Å². The number of carbonyl (C=O) groups is 1. The largest absolute Gasteiger partial charge is 0.453 e. The molecule has 0 N–H and O–H groups in total. The molecule has 0 aromatic heterocycles. The molecule has 1 unspecified atom stereocenters. The van der Waals surface area contributed by atoms with Gasteiger partial charge in [-0.3, -0.25) is 0 Å². The van der Waals surface area contributed by atoms with Gasteiger partial charge in [0.1, 0.15) is 0 Å². The van der Waals surface area contributed by atoms with Crippen LogP contribution in [0.1, 0.15) is 39.5 Å². The molecule has 0 spiro atoms. The van der Waals surface area contributed by atoms with Crippen molar-refractivity contribution in [3.05, 3.63) is 30.3 Å². The number of benzene rings is 1. The van der Waals surface area contributed by atoms with Crippen LogP contribution in [0.3, 0.4) is 0 Å². The van der Waals surface area contributed by atoms with E-state index < -0.39 is 0 Å². The van der Waals surface area contributed by atoms with Crippen molar-refractivity contribution in [2.24, 2.45) is 0 Å². The minimum Gasteiger partial charge on any atom is -0.453 e. The van der Waals surface area contributed by atoms with Crippen LogP contribution in [-0.4, -0.2) is 36.4 Å².